The SMILES string of the molecule is CCNc1nc(Cl)nc(NCC(CC)CC)n1. The first-order valence-corrected chi connectivity index (χ1v) is 6.46. The molecular formula is C11H20ClN5. The summed E-state index contributed by atoms with van der Waals surface area (Å²) in [6, 6.07) is 0. The Bertz CT molecular complexity index is 341. The van der Waals surface area contributed by atoms with E-state index in [1.54, 1.807) is 0 Å². The number of halogens is 1. The van der Waals surface area contributed by atoms with E-state index in [0.29, 0.717) is 17.8 Å². The summed E-state index contributed by atoms with van der Waals surface area (Å²) in [4.78, 5) is 12.3. The maximum atomic E-state index is 5.83. The van der Waals surface area contributed by atoms with Crippen LogP contribution in [-0.2, 0) is 0 Å². The van der Waals surface area contributed by atoms with Gasteiger partial charge in [-0.15, -0.1) is 0 Å². The highest BCUT2D eigenvalue weighted by molar-refractivity contribution is 6.28. The number of rotatable bonds is 7. The Kier molecular flexibility index (Phi) is 5.97. The van der Waals surface area contributed by atoms with Gasteiger partial charge in [-0.05, 0) is 24.4 Å². The van der Waals surface area contributed by atoms with Crippen molar-refractivity contribution in [2.45, 2.75) is 33.6 Å². The van der Waals surface area contributed by atoms with E-state index in [4.69, 9.17) is 11.6 Å². The largest absolute Gasteiger partial charge is 0.354 e. The van der Waals surface area contributed by atoms with Gasteiger partial charge < -0.3 is 10.6 Å². The van der Waals surface area contributed by atoms with E-state index < -0.39 is 0 Å². The van der Waals surface area contributed by atoms with Crippen molar-refractivity contribution in [3.05, 3.63) is 5.28 Å². The Morgan fingerprint density at radius 1 is 1.00 bits per heavy atom. The van der Waals surface area contributed by atoms with Crippen molar-refractivity contribution in [3.8, 4) is 0 Å². The zero-order valence-electron chi connectivity index (χ0n) is 10.6. The smallest absolute Gasteiger partial charge is 0.228 e. The fourth-order valence-electron chi connectivity index (χ4n) is 1.48. The predicted octanol–water partition coefficient (Wildman–Crippen LogP) is 2.80. The van der Waals surface area contributed by atoms with Gasteiger partial charge in [0.25, 0.3) is 0 Å². The van der Waals surface area contributed by atoms with Crippen LogP contribution in [0.4, 0.5) is 11.9 Å². The van der Waals surface area contributed by atoms with Crippen molar-refractivity contribution in [3.63, 3.8) is 0 Å². The minimum atomic E-state index is 0.211. The molecule has 0 aliphatic rings. The number of anilines is 2. The lowest BCUT2D eigenvalue weighted by Crippen LogP contribution is -2.15. The molecule has 0 radical (unpaired) electrons. The number of aromatic nitrogens is 3. The molecule has 0 unspecified atom stereocenters. The lowest BCUT2D eigenvalue weighted by Gasteiger charge is -2.13. The van der Waals surface area contributed by atoms with Crippen molar-refractivity contribution in [2.24, 2.45) is 5.92 Å². The molecule has 17 heavy (non-hydrogen) atoms. The molecule has 1 aromatic rings. The fourth-order valence-corrected chi connectivity index (χ4v) is 1.64. The van der Waals surface area contributed by atoms with Crippen LogP contribution in [0.2, 0.25) is 5.28 Å². The average Bonchev–Trinajstić information content (AvgIpc) is 2.30. The molecule has 1 heterocycles. The quantitative estimate of drug-likeness (QED) is 0.787. The highest BCUT2D eigenvalue weighted by Crippen LogP contribution is 2.12. The average molecular weight is 258 g/mol. The molecule has 1 rings (SSSR count). The lowest BCUT2D eigenvalue weighted by molar-refractivity contribution is 0.517. The summed E-state index contributed by atoms with van der Waals surface area (Å²) >= 11 is 5.83. The summed E-state index contributed by atoms with van der Waals surface area (Å²) in [7, 11) is 0. The second kappa shape index (κ2) is 7.27. The minimum Gasteiger partial charge on any atom is -0.354 e. The Hall–Kier alpha value is -1.10. The third kappa shape index (κ3) is 4.73. The summed E-state index contributed by atoms with van der Waals surface area (Å²) in [5.41, 5.74) is 0. The zero-order chi connectivity index (χ0) is 12.7. The maximum absolute atomic E-state index is 5.83. The third-order valence-corrected chi connectivity index (χ3v) is 2.82. The standard InChI is InChI=1S/C11H20ClN5/c1-4-8(5-2)7-14-11-16-9(12)15-10(17-11)13-6-3/h8H,4-7H2,1-3H3,(H2,13,14,15,16,17). The van der Waals surface area contributed by atoms with Crippen LogP contribution in [0.3, 0.4) is 0 Å². The summed E-state index contributed by atoms with van der Waals surface area (Å²) in [6.07, 6.45) is 2.28. The first kappa shape index (κ1) is 14.0. The van der Waals surface area contributed by atoms with Gasteiger partial charge in [-0.25, -0.2) is 0 Å². The third-order valence-electron chi connectivity index (χ3n) is 2.65. The molecule has 6 heteroatoms. The molecular weight excluding hydrogens is 238 g/mol. The normalized spacial score (nSPS) is 10.6. The van der Waals surface area contributed by atoms with Crippen LogP contribution in [0.25, 0.3) is 0 Å². The molecule has 0 atom stereocenters. The maximum Gasteiger partial charge on any atom is 0.228 e. The van der Waals surface area contributed by atoms with E-state index in [1.165, 1.54) is 0 Å². The van der Waals surface area contributed by atoms with E-state index in [2.05, 4.69) is 39.4 Å². The molecule has 0 saturated heterocycles. The van der Waals surface area contributed by atoms with Gasteiger partial charge in [-0.1, -0.05) is 26.7 Å². The van der Waals surface area contributed by atoms with Crippen molar-refractivity contribution in [1.82, 2.24) is 15.0 Å². The van der Waals surface area contributed by atoms with Crippen LogP contribution in [0.5, 0.6) is 0 Å². The monoisotopic (exact) mass is 257 g/mol. The second-order valence-corrected chi connectivity index (χ2v) is 4.18. The Labute approximate surface area is 107 Å². The molecule has 2 N–H and O–H groups in total. The Morgan fingerprint density at radius 3 is 2.12 bits per heavy atom. The van der Waals surface area contributed by atoms with Gasteiger partial charge in [-0.3, -0.25) is 0 Å². The topological polar surface area (TPSA) is 62.7 Å². The van der Waals surface area contributed by atoms with Crippen molar-refractivity contribution in [1.29, 1.82) is 0 Å². The zero-order valence-corrected chi connectivity index (χ0v) is 11.4. The van der Waals surface area contributed by atoms with Crippen molar-refractivity contribution >= 4 is 23.5 Å². The molecule has 0 fully saturated rings. The number of hydrogen-bond acceptors (Lipinski definition) is 5. The summed E-state index contributed by atoms with van der Waals surface area (Å²) < 4.78 is 0. The molecule has 0 aromatic carbocycles. The molecule has 1 aromatic heterocycles. The van der Waals surface area contributed by atoms with Crippen LogP contribution in [0, 0.1) is 5.92 Å². The van der Waals surface area contributed by atoms with Gasteiger partial charge in [0.2, 0.25) is 17.2 Å². The van der Waals surface area contributed by atoms with E-state index >= 15 is 0 Å². The van der Waals surface area contributed by atoms with Gasteiger partial charge in [-0.2, -0.15) is 15.0 Å². The van der Waals surface area contributed by atoms with E-state index in [0.717, 1.165) is 25.9 Å². The van der Waals surface area contributed by atoms with E-state index in [-0.39, 0.29) is 5.28 Å². The highest BCUT2D eigenvalue weighted by atomic mass is 35.5. The van der Waals surface area contributed by atoms with E-state index in [9.17, 15) is 0 Å². The van der Waals surface area contributed by atoms with Crippen LogP contribution in [-0.4, -0.2) is 28.0 Å². The van der Waals surface area contributed by atoms with Gasteiger partial charge in [0.15, 0.2) is 0 Å². The van der Waals surface area contributed by atoms with Gasteiger partial charge in [0, 0.05) is 13.1 Å². The molecule has 0 bridgehead atoms. The van der Waals surface area contributed by atoms with Crippen LogP contribution in [0.1, 0.15) is 33.6 Å². The molecule has 0 spiro atoms. The van der Waals surface area contributed by atoms with Crippen LogP contribution in [0.15, 0.2) is 0 Å². The van der Waals surface area contributed by atoms with Crippen LogP contribution >= 0.6 is 11.6 Å². The van der Waals surface area contributed by atoms with Gasteiger partial charge in [0.1, 0.15) is 0 Å². The Morgan fingerprint density at radius 2 is 1.59 bits per heavy atom. The number of hydrogen-bond donors (Lipinski definition) is 2. The second-order valence-electron chi connectivity index (χ2n) is 3.85. The molecule has 5 nitrogen and oxygen atoms in total. The molecule has 0 aliphatic heterocycles. The summed E-state index contributed by atoms with van der Waals surface area (Å²) in [5, 5.41) is 6.43. The first-order chi connectivity index (χ1) is 8.19. The minimum absolute atomic E-state index is 0.211. The predicted molar refractivity (Wildman–Crippen MR) is 71.6 cm³/mol. The Balaban J connectivity index is 2.63. The van der Waals surface area contributed by atoms with Crippen LogP contribution < -0.4 is 10.6 Å². The highest BCUT2D eigenvalue weighted by Gasteiger charge is 2.07. The summed E-state index contributed by atoms with van der Waals surface area (Å²) in [6.45, 7) is 7.96. The number of nitrogens with zero attached hydrogens (tertiary/aromatic N) is 3. The summed E-state index contributed by atoms with van der Waals surface area (Å²) in [5.74, 6) is 1.68. The van der Waals surface area contributed by atoms with Gasteiger partial charge in [0.05, 0.1) is 0 Å². The number of nitrogens with one attached hydrogen (secondary N) is 2. The first-order valence-electron chi connectivity index (χ1n) is 6.08. The lowest BCUT2D eigenvalue weighted by atomic mass is 10.0. The molecule has 0 saturated carbocycles. The fraction of sp³-hybridized carbons (Fsp3) is 0.727. The molecule has 96 valence electrons. The molecule has 0 amide bonds. The van der Waals surface area contributed by atoms with E-state index in [1.807, 2.05) is 6.92 Å². The molecule has 0 aliphatic carbocycles. The van der Waals surface area contributed by atoms with Crippen molar-refractivity contribution in [2.75, 3.05) is 23.7 Å². The van der Waals surface area contributed by atoms with Gasteiger partial charge >= 0.3 is 0 Å². The van der Waals surface area contributed by atoms with Crippen molar-refractivity contribution < 1.29 is 0 Å².